The molecule has 1 aliphatic heterocycles. The van der Waals surface area contributed by atoms with Crippen LogP contribution in [0.4, 0.5) is 0 Å². The lowest BCUT2D eigenvalue weighted by molar-refractivity contribution is 0.00226. The van der Waals surface area contributed by atoms with Gasteiger partial charge in [-0.3, -0.25) is 4.68 Å². The fourth-order valence-electron chi connectivity index (χ4n) is 2.33. The van der Waals surface area contributed by atoms with Crippen LogP contribution in [0.5, 0.6) is 5.75 Å². The van der Waals surface area contributed by atoms with Crippen LogP contribution >= 0.6 is 10.7 Å². The third-order valence-corrected chi connectivity index (χ3v) is 4.80. The first-order valence-corrected chi connectivity index (χ1v) is 9.06. The summed E-state index contributed by atoms with van der Waals surface area (Å²) in [7, 11) is 1.85. The van der Waals surface area contributed by atoms with E-state index in [1.54, 1.807) is 17.1 Å². The van der Waals surface area contributed by atoms with Gasteiger partial charge < -0.3 is 9.47 Å². The number of hydrogen-bond donors (Lipinski definition) is 0. The molecule has 1 saturated heterocycles. The maximum Gasteiger partial charge on any atom is 0.233 e. The van der Waals surface area contributed by atoms with E-state index < -0.39 is 14.5 Å². The standard InChI is InChI=1S/C12H19ClN2O4S/c1-2-15-8-11(7-14-15)19-9-12(10-20(13,16)17)3-5-18-6-4-12/h7-8H,2-6,9-10H2,1H3. The molecule has 6 nitrogen and oxygen atoms in total. The molecule has 0 aromatic carbocycles. The normalized spacial score (nSPS) is 18.9. The third kappa shape index (κ3) is 4.36. The molecule has 0 saturated carbocycles. The molecule has 0 atom stereocenters. The van der Waals surface area contributed by atoms with E-state index in [4.69, 9.17) is 20.2 Å². The van der Waals surface area contributed by atoms with Crippen LogP contribution in [0.1, 0.15) is 19.8 Å². The molecule has 2 rings (SSSR count). The lowest BCUT2D eigenvalue weighted by Gasteiger charge is -2.35. The molecule has 0 spiro atoms. The fourth-order valence-corrected chi connectivity index (χ4v) is 4.13. The summed E-state index contributed by atoms with van der Waals surface area (Å²) in [5.74, 6) is 0.553. The number of halogens is 1. The minimum absolute atomic E-state index is 0.0904. The molecule has 20 heavy (non-hydrogen) atoms. The van der Waals surface area contributed by atoms with Crippen molar-refractivity contribution in [3.8, 4) is 5.75 Å². The Morgan fingerprint density at radius 2 is 2.20 bits per heavy atom. The van der Waals surface area contributed by atoms with Gasteiger partial charge in [0.25, 0.3) is 0 Å². The Labute approximate surface area is 123 Å². The minimum atomic E-state index is -3.57. The zero-order valence-corrected chi connectivity index (χ0v) is 13.0. The SMILES string of the molecule is CCn1cc(OCC2(CS(=O)(=O)Cl)CCOCC2)cn1. The molecular weight excluding hydrogens is 304 g/mol. The third-order valence-electron chi connectivity index (χ3n) is 3.51. The average molecular weight is 323 g/mol. The van der Waals surface area contributed by atoms with E-state index >= 15 is 0 Å². The second kappa shape index (κ2) is 6.32. The van der Waals surface area contributed by atoms with E-state index in [-0.39, 0.29) is 5.75 Å². The van der Waals surface area contributed by atoms with E-state index in [0.717, 1.165) is 6.54 Å². The molecule has 2 heterocycles. The first kappa shape index (κ1) is 15.6. The second-order valence-corrected chi connectivity index (χ2v) is 7.89. The van der Waals surface area contributed by atoms with Crippen molar-refractivity contribution in [2.24, 2.45) is 5.41 Å². The van der Waals surface area contributed by atoms with Gasteiger partial charge in [-0.1, -0.05) is 0 Å². The summed E-state index contributed by atoms with van der Waals surface area (Å²) in [6.07, 6.45) is 4.68. The fraction of sp³-hybridized carbons (Fsp3) is 0.750. The topological polar surface area (TPSA) is 70.4 Å². The Morgan fingerprint density at radius 1 is 1.50 bits per heavy atom. The molecule has 0 amide bonds. The second-order valence-electron chi connectivity index (χ2n) is 5.12. The first-order chi connectivity index (χ1) is 9.42. The molecule has 1 aliphatic rings. The highest BCUT2D eigenvalue weighted by atomic mass is 35.7. The minimum Gasteiger partial charge on any atom is -0.490 e. The number of aromatic nitrogens is 2. The zero-order chi connectivity index (χ0) is 14.6. The smallest absolute Gasteiger partial charge is 0.233 e. The van der Waals surface area contributed by atoms with Crippen molar-refractivity contribution >= 4 is 19.7 Å². The van der Waals surface area contributed by atoms with E-state index in [0.29, 0.717) is 38.4 Å². The Morgan fingerprint density at radius 3 is 2.75 bits per heavy atom. The van der Waals surface area contributed by atoms with Crippen molar-refractivity contribution in [1.82, 2.24) is 9.78 Å². The lowest BCUT2D eigenvalue weighted by atomic mass is 9.83. The summed E-state index contributed by atoms with van der Waals surface area (Å²) in [4.78, 5) is 0. The maximum absolute atomic E-state index is 11.4. The van der Waals surface area contributed by atoms with E-state index in [2.05, 4.69) is 5.10 Å². The van der Waals surface area contributed by atoms with Crippen LogP contribution < -0.4 is 4.74 Å². The number of hydrogen-bond acceptors (Lipinski definition) is 5. The van der Waals surface area contributed by atoms with Gasteiger partial charge in [0.2, 0.25) is 9.05 Å². The van der Waals surface area contributed by atoms with Gasteiger partial charge in [-0.05, 0) is 19.8 Å². The Hall–Kier alpha value is -0.790. The summed E-state index contributed by atoms with van der Waals surface area (Å²) in [6.45, 7) is 4.11. The van der Waals surface area contributed by atoms with Crippen LogP contribution in [-0.4, -0.2) is 43.8 Å². The van der Waals surface area contributed by atoms with E-state index in [9.17, 15) is 8.42 Å². The first-order valence-electron chi connectivity index (χ1n) is 6.58. The van der Waals surface area contributed by atoms with Crippen molar-refractivity contribution < 1.29 is 17.9 Å². The highest BCUT2D eigenvalue weighted by Gasteiger charge is 2.37. The molecule has 1 aromatic rings. The largest absolute Gasteiger partial charge is 0.490 e. The number of nitrogens with zero attached hydrogens (tertiary/aromatic N) is 2. The van der Waals surface area contributed by atoms with Gasteiger partial charge in [-0.25, -0.2) is 8.42 Å². The molecule has 1 aromatic heterocycles. The van der Waals surface area contributed by atoms with Crippen molar-refractivity contribution in [3.05, 3.63) is 12.4 Å². The van der Waals surface area contributed by atoms with Gasteiger partial charge in [0.05, 0.1) is 24.8 Å². The predicted octanol–water partition coefficient (Wildman–Crippen LogP) is 1.65. The highest BCUT2D eigenvalue weighted by molar-refractivity contribution is 8.13. The Kier molecular flexibility index (Phi) is 4.93. The summed E-state index contributed by atoms with van der Waals surface area (Å²) < 4.78 is 35.6. The van der Waals surface area contributed by atoms with Gasteiger partial charge in [-0.15, -0.1) is 0 Å². The molecule has 1 fully saturated rings. The van der Waals surface area contributed by atoms with Crippen molar-refractivity contribution in [2.75, 3.05) is 25.6 Å². The summed E-state index contributed by atoms with van der Waals surface area (Å²) in [5.41, 5.74) is -0.479. The molecule has 114 valence electrons. The molecule has 8 heteroatoms. The van der Waals surface area contributed by atoms with E-state index in [1.165, 1.54) is 0 Å². The van der Waals surface area contributed by atoms with Gasteiger partial charge in [0.1, 0.15) is 0 Å². The predicted molar refractivity (Wildman–Crippen MR) is 75.5 cm³/mol. The average Bonchev–Trinajstić information content (AvgIpc) is 2.83. The van der Waals surface area contributed by atoms with Gasteiger partial charge in [0.15, 0.2) is 5.75 Å². The van der Waals surface area contributed by atoms with Crippen molar-refractivity contribution in [2.45, 2.75) is 26.3 Å². The van der Waals surface area contributed by atoms with Crippen LogP contribution in [0, 0.1) is 5.41 Å². The lowest BCUT2D eigenvalue weighted by Crippen LogP contribution is -2.40. The number of aryl methyl sites for hydroxylation is 1. The Balaban J connectivity index is 2.03. The van der Waals surface area contributed by atoms with Crippen LogP contribution in [0.25, 0.3) is 0 Å². The van der Waals surface area contributed by atoms with Crippen molar-refractivity contribution in [3.63, 3.8) is 0 Å². The molecule has 0 unspecified atom stereocenters. The van der Waals surface area contributed by atoms with E-state index in [1.807, 2.05) is 6.92 Å². The van der Waals surface area contributed by atoms with Crippen LogP contribution in [-0.2, 0) is 20.3 Å². The van der Waals surface area contributed by atoms with Crippen molar-refractivity contribution in [1.29, 1.82) is 0 Å². The molecular formula is C12H19ClN2O4S. The summed E-state index contributed by atoms with van der Waals surface area (Å²) in [5, 5.41) is 4.12. The number of rotatable bonds is 6. The van der Waals surface area contributed by atoms with Crippen LogP contribution in [0.2, 0.25) is 0 Å². The molecule has 0 bridgehead atoms. The molecule has 0 radical (unpaired) electrons. The monoisotopic (exact) mass is 322 g/mol. The highest BCUT2D eigenvalue weighted by Crippen LogP contribution is 2.34. The Bertz CT molecular complexity index is 537. The summed E-state index contributed by atoms with van der Waals surface area (Å²) >= 11 is 0. The quantitative estimate of drug-likeness (QED) is 0.745. The molecule has 0 N–H and O–H groups in total. The van der Waals surface area contributed by atoms with Gasteiger partial charge in [0, 0.05) is 35.9 Å². The van der Waals surface area contributed by atoms with Gasteiger partial charge >= 0.3 is 0 Å². The molecule has 0 aliphatic carbocycles. The van der Waals surface area contributed by atoms with Gasteiger partial charge in [-0.2, -0.15) is 5.10 Å². The summed E-state index contributed by atoms with van der Waals surface area (Å²) in [6, 6.07) is 0. The van der Waals surface area contributed by atoms with Crippen LogP contribution in [0.3, 0.4) is 0 Å². The zero-order valence-electron chi connectivity index (χ0n) is 11.4. The maximum atomic E-state index is 11.4. The number of ether oxygens (including phenoxy) is 2. The van der Waals surface area contributed by atoms with Crippen LogP contribution in [0.15, 0.2) is 12.4 Å².